The normalized spacial score (nSPS) is 19.9. The molecule has 0 saturated carbocycles. The first-order valence-electron chi connectivity index (χ1n) is 7.45. The molecule has 3 nitrogen and oxygen atoms in total. The Bertz CT molecular complexity index is 352. The van der Waals surface area contributed by atoms with Crippen molar-refractivity contribution in [3.63, 3.8) is 0 Å². The van der Waals surface area contributed by atoms with Crippen LogP contribution in [0.25, 0.3) is 0 Å². The monoisotopic (exact) mass is 264 g/mol. The highest BCUT2D eigenvalue weighted by Gasteiger charge is 2.27. The van der Waals surface area contributed by atoms with Gasteiger partial charge in [-0.1, -0.05) is 20.3 Å². The maximum atomic E-state index is 12.0. The minimum Gasteiger partial charge on any atom is -0.343 e. The third-order valence-corrected chi connectivity index (χ3v) is 4.21. The number of amides is 1. The second-order valence-electron chi connectivity index (χ2n) is 7.25. The molecule has 0 bridgehead atoms. The lowest BCUT2D eigenvalue weighted by Gasteiger charge is -2.24. The molecule has 0 aromatic heterocycles. The fraction of sp³-hybridized carbons (Fsp3) is 0.875. The third kappa shape index (κ3) is 5.63. The predicted molar refractivity (Wildman–Crippen MR) is 77.5 cm³/mol. The summed E-state index contributed by atoms with van der Waals surface area (Å²) in [6.45, 7) is 10.2. The van der Waals surface area contributed by atoms with Gasteiger partial charge in [0.1, 0.15) is 0 Å². The molecule has 0 aromatic rings. The summed E-state index contributed by atoms with van der Waals surface area (Å²) in [6, 6.07) is 2.33. The molecule has 0 unspecified atom stereocenters. The van der Waals surface area contributed by atoms with Gasteiger partial charge >= 0.3 is 0 Å². The van der Waals surface area contributed by atoms with Gasteiger partial charge in [-0.25, -0.2) is 0 Å². The Labute approximate surface area is 118 Å². The van der Waals surface area contributed by atoms with E-state index in [2.05, 4.69) is 19.9 Å². The van der Waals surface area contributed by atoms with E-state index in [1.807, 2.05) is 18.7 Å². The van der Waals surface area contributed by atoms with E-state index in [9.17, 15) is 4.79 Å². The van der Waals surface area contributed by atoms with E-state index < -0.39 is 0 Å². The van der Waals surface area contributed by atoms with E-state index in [0.717, 1.165) is 45.2 Å². The van der Waals surface area contributed by atoms with Crippen molar-refractivity contribution in [3.05, 3.63) is 0 Å². The van der Waals surface area contributed by atoms with Gasteiger partial charge < -0.3 is 4.90 Å². The van der Waals surface area contributed by atoms with Gasteiger partial charge in [-0.15, -0.1) is 0 Å². The molecule has 1 saturated heterocycles. The SMILES string of the molecule is CC(C)(C#N)CCCCN1CCC(C)(C)CCC1=O. The van der Waals surface area contributed by atoms with Crippen molar-refractivity contribution in [1.29, 1.82) is 5.26 Å². The van der Waals surface area contributed by atoms with Crippen LogP contribution in [0.4, 0.5) is 0 Å². The highest BCUT2D eigenvalue weighted by molar-refractivity contribution is 5.76. The minimum atomic E-state index is -0.231. The van der Waals surface area contributed by atoms with Gasteiger partial charge in [0.15, 0.2) is 0 Å². The van der Waals surface area contributed by atoms with Crippen LogP contribution in [0.15, 0.2) is 0 Å². The Balaban J connectivity index is 2.33. The van der Waals surface area contributed by atoms with Crippen LogP contribution in [0.5, 0.6) is 0 Å². The molecule has 1 aliphatic heterocycles. The summed E-state index contributed by atoms with van der Waals surface area (Å²) in [5.41, 5.74) is 0.0675. The second kappa shape index (κ2) is 6.41. The molecule has 19 heavy (non-hydrogen) atoms. The van der Waals surface area contributed by atoms with Crippen molar-refractivity contribution < 1.29 is 4.79 Å². The number of unbranched alkanes of at least 4 members (excludes halogenated alkanes) is 1. The molecule has 0 N–H and O–H groups in total. The highest BCUT2D eigenvalue weighted by Crippen LogP contribution is 2.30. The summed E-state index contributed by atoms with van der Waals surface area (Å²) in [7, 11) is 0. The number of likely N-dealkylation sites (tertiary alicyclic amines) is 1. The highest BCUT2D eigenvalue weighted by atomic mass is 16.2. The zero-order valence-electron chi connectivity index (χ0n) is 13.0. The molecular weight excluding hydrogens is 236 g/mol. The van der Waals surface area contributed by atoms with Crippen LogP contribution in [0.1, 0.15) is 66.2 Å². The van der Waals surface area contributed by atoms with Crippen LogP contribution in [-0.4, -0.2) is 23.9 Å². The summed E-state index contributed by atoms with van der Waals surface area (Å²) in [6.07, 6.45) is 5.74. The minimum absolute atomic E-state index is 0.231. The van der Waals surface area contributed by atoms with Gasteiger partial charge in [0.2, 0.25) is 5.91 Å². The molecule has 1 amide bonds. The molecular formula is C16H28N2O. The zero-order chi connectivity index (χ0) is 14.5. The first-order chi connectivity index (χ1) is 8.76. The summed E-state index contributed by atoms with van der Waals surface area (Å²) in [5.74, 6) is 0.310. The number of hydrogen-bond donors (Lipinski definition) is 0. The van der Waals surface area contributed by atoms with Crippen LogP contribution >= 0.6 is 0 Å². The number of nitriles is 1. The van der Waals surface area contributed by atoms with Crippen LogP contribution in [-0.2, 0) is 4.79 Å². The van der Waals surface area contributed by atoms with E-state index in [4.69, 9.17) is 5.26 Å². The van der Waals surface area contributed by atoms with Crippen LogP contribution < -0.4 is 0 Å². The standard InChI is InChI=1S/C16H28N2O/c1-15(2)9-7-14(19)18(12-10-15)11-6-5-8-16(3,4)13-17/h5-12H2,1-4H3. The van der Waals surface area contributed by atoms with Crippen molar-refractivity contribution in [3.8, 4) is 6.07 Å². The number of carbonyl (C=O) groups is 1. The summed E-state index contributed by atoms with van der Waals surface area (Å²) in [4.78, 5) is 14.0. The quantitative estimate of drug-likeness (QED) is 0.710. The van der Waals surface area contributed by atoms with Crippen molar-refractivity contribution in [2.24, 2.45) is 10.8 Å². The first kappa shape index (κ1) is 16.0. The fourth-order valence-corrected chi connectivity index (χ4v) is 2.45. The maximum Gasteiger partial charge on any atom is 0.222 e. The summed E-state index contributed by atoms with van der Waals surface area (Å²) >= 11 is 0. The lowest BCUT2D eigenvalue weighted by atomic mass is 9.85. The van der Waals surface area contributed by atoms with E-state index in [1.54, 1.807) is 0 Å². The Morgan fingerprint density at radius 1 is 1.32 bits per heavy atom. The van der Waals surface area contributed by atoms with Gasteiger partial charge in [-0.05, 0) is 44.9 Å². The maximum absolute atomic E-state index is 12.0. The largest absolute Gasteiger partial charge is 0.343 e. The Hall–Kier alpha value is -1.04. The molecule has 0 aliphatic carbocycles. The molecule has 1 fully saturated rings. The molecule has 0 radical (unpaired) electrons. The lowest BCUT2D eigenvalue weighted by Crippen LogP contribution is -2.31. The summed E-state index contributed by atoms with van der Waals surface area (Å²) < 4.78 is 0. The molecule has 3 heteroatoms. The van der Waals surface area contributed by atoms with Gasteiger partial charge in [0.05, 0.1) is 11.5 Å². The van der Waals surface area contributed by atoms with Crippen molar-refractivity contribution in [2.75, 3.05) is 13.1 Å². The van der Waals surface area contributed by atoms with Crippen LogP contribution in [0.2, 0.25) is 0 Å². The molecule has 0 atom stereocenters. The van der Waals surface area contributed by atoms with E-state index >= 15 is 0 Å². The Morgan fingerprint density at radius 2 is 2.00 bits per heavy atom. The van der Waals surface area contributed by atoms with Gasteiger partial charge in [-0.2, -0.15) is 5.26 Å². The van der Waals surface area contributed by atoms with Crippen molar-refractivity contribution >= 4 is 5.91 Å². The number of hydrogen-bond acceptors (Lipinski definition) is 2. The van der Waals surface area contributed by atoms with Gasteiger partial charge in [0, 0.05) is 19.5 Å². The molecule has 1 heterocycles. The van der Waals surface area contributed by atoms with Crippen LogP contribution in [0, 0.1) is 22.2 Å². The lowest BCUT2D eigenvalue weighted by molar-refractivity contribution is -0.130. The van der Waals surface area contributed by atoms with Gasteiger partial charge in [0.25, 0.3) is 0 Å². The van der Waals surface area contributed by atoms with Gasteiger partial charge in [-0.3, -0.25) is 4.79 Å². The fourth-order valence-electron chi connectivity index (χ4n) is 2.45. The molecule has 108 valence electrons. The van der Waals surface area contributed by atoms with E-state index in [0.29, 0.717) is 17.7 Å². The zero-order valence-corrected chi connectivity index (χ0v) is 13.0. The average Bonchev–Trinajstić information content (AvgIpc) is 2.46. The molecule has 1 aliphatic rings. The van der Waals surface area contributed by atoms with E-state index in [1.165, 1.54) is 0 Å². The number of rotatable bonds is 5. The van der Waals surface area contributed by atoms with Crippen LogP contribution in [0.3, 0.4) is 0 Å². The molecule has 1 rings (SSSR count). The second-order valence-corrected chi connectivity index (χ2v) is 7.25. The first-order valence-corrected chi connectivity index (χ1v) is 7.45. The molecule has 0 aromatic carbocycles. The number of nitrogens with zero attached hydrogens (tertiary/aromatic N) is 2. The predicted octanol–water partition coefficient (Wildman–Crippen LogP) is 3.75. The Morgan fingerprint density at radius 3 is 2.63 bits per heavy atom. The summed E-state index contributed by atoms with van der Waals surface area (Å²) in [5, 5.41) is 8.96. The topological polar surface area (TPSA) is 44.1 Å². The van der Waals surface area contributed by atoms with Crippen molar-refractivity contribution in [1.82, 2.24) is 4.90 Å². The van der Waals surface area contributed by atoms with Crippen molar-refractivity contribution in [2.45, 2.75) is 66.2 Å². The molecule has 0 spiro atoms. The average molecular weight is 264 g/mol. The number of carbonyl (C=O) groups excluding carboxylic acids is 1. The third-order valence-electron chi connectivity index (χ3n) is 4.21. The smallest absolute Gasteiger partial charge is 0.222 e. The Kier molecular flexibility index (Phi) is 5.40. The van der Waals surface area contributed by atoms with E-state index in [-0.39, 0.29) is 5.41 Å².